The van der Waals surface area contributed by atoms with Crippen molar-refractivity contribution in [2.24, 2.45) is 0 Å². The summed E-state index contributed by atoms with van der Waals surface area (Å²) in [5.74, 6) is 1.54. The highest BCUT2D eigenvalue weighted by Gasteiger charge is 2.38. The van der Waals surface area contributed by atoms with Crippen LogP contribution in [-0.2, 0) is 5.75 Å². The van der Waals surface area contributed by atoms with Gasteiger partial charge in [0.25, 0.3) is 0 Å². The molecule has 4 heterocycles. The van der Waals surface area contributed by atoms with Crippen molar-refractivity contribution >= 4 is 39.8 Å². The van der Waals surface area contributed by atoms with Crippen molar-refractivity contribution in [3.63, 3.8) is 0 Å². The van der Waals surface area contributed by atoms with Crippen molar-refractivity contribution in [1.82, 2.24) is 19.4 Å². The van der Waals surface area contributed by atoms with Crippen molar-refractivity contribution in [3.05, 3.63) is 35.4 Å². The van der Waals surface area contributed by atoms with Crippen molar-refractivity contribution in [1.29, 1.82) is 0 Å². The maximum Gasteiger partial charge on any atom is 0.193 e. The number of hydrogen-bond donors (Lipinski definition) is 0. The first-order valence-electron chi connectivity index (χ1n) is 7.94. The summed E-state index contributed by atoms with van der Waals surface area (Å²) in [6.07, 6.45) is 11.3. The predicted molar refractivity (Wildman–Crippen MR) is 95.5 cm³/mol. The van der Waals surface area contributed by atoms with Crippen LogP contribution in [0.4, 0.5) is 0 Å². The van der Waals surface area contributed by atoms with E-state index in [-0.39, 0.29) is 0 Å². The van der Waals surface area contributed by atoms with Crippen LogP contribution in [0.5, 0.6) is 0 Å². The fourth-order valence-corrected chi connectivity index (χ4v) is 6.81. The second-order valence-corrected chi connectivity index (χ2v) is 9.12. The normalized spacial score (nSPS) is 23.1. The molecule has 118 valence electrons. The predicted octanol–water partition coefficient (Wildman–Crippen LogP) is 4.61. The monoisotopic (exact) mass is 360 g/mol. The van der Waals surface area contributed by atoms with Crippen molar-refractivity contribution < 1.29 is 0 Å². The minimum atomic E-state index is 0.665. The highest BCUT2D eigenvalue weighted by molar-refractivity contribution is 8.00. The number of hydrogen-bond acceptors (Lipinski definition) is 6. The molecule has 0 amide bonds. The molecule has 3 aromatic heterocycles. The van der Waals surface area contributed by atoms with Gasteiger partial charge in [0, 0.05) is 40.3 Å². The molecule has 1 aliphatic carbocycles. The molecular formula is C16H16N4S3. The summed E-state index contributed by atoms with van der Waals surface area (Å²) >= 11 is 5.47. The lowest BCUT2D eigenvalue weighted by molar-refractivity contribution is 0.454. The first kappa shape index (κ1) is 14.3. The third kappa shape index (κ3) is 2.49. The lowest BCUT2D eigenvalue weighted by Gasteiger charge is -2.24. The van der Waals surface area contributed by atoms with Crippen LogP contribution in [0, 0.1) is 0 Å². The van der Waals surface area contributed by atoms with Gasteiger partial charge in [0.1, 0.15) is 16.4 Å². The molecule has 0 spiro atoms. The van der Waals surface area contributed by atoms with E-state index >= 15 is 0 Å². The van der Waals surface area contributed by atoms with Crippen LogP contribution in [0.1, 0.15) is 42.9 Å². The molecule has 1 saturated carbocycles. The third-order valence-electron chi connectivity index (χ3n) is 4.65. The number of aromatic nitrogens is 4. The van der Waals surface area contributed by atoms with Crippen LogP contribution in [0.2, 0.25) is 0 Å². The van der Waals surface area contributed by atoms with E-state index in [0.29, 0.717) is 5.92 Å². The van der Waals surface area contributed by atoms with Crippen LogP contribution in [0.15, 0.2) is 34.2 Å². The zero-order chi connectivity index (χ0) is 15.2. The van der Waals surface area contributed by atoms with E-state index < -0.39 is 0 Å². The number of rotatable bonds is 3. The lowest BCUT2D eigenvalue weighted by Crippen LogP contribution is -2.15. The Labute approximate surface area is 147 Å². The minimum Gasteiger partial charge on any atom is -0.297 e. The Morgan fingerprint density at radius 3 is 3.17 bits per heavy atom. The smallest absolute Gasteiger partial charge is 0.193 e. The summed E-state index contributed by atoms with van der Waals surface area (Å²) in [7, 11) is 0. The second-order valence-electron chi connectivity index (χ2n) is 6.06. The Balaban J connectivity index is 1.41. The van der Waals surface area contributed by atoms with Gasteiger partial charge in [0.05, 0.1) is 5.69 Å². The fraction of sp³-hybridized carbons (Fsp3) is 0.438. The standard InChI is InChI=1S/C16H16N4S3/c1-2-4-12-11(3-1)13-14(17-9-18-15(13)23-12)22-8-10-7-20-5-6-21-16(20)19-10/h5-7,9,11-12H,1-4,8H2. The lowest BCUT2D eigenvalue weighted by atomic mass is 9.85. The summed E-state index contributed by atoms with van der Waals surface area (Å²) in [6, 6.07) is 0. The van der Waals surface area contributed by atoms with E-state index in [1.165, 1.54) is 41.3 Å². The van der Waals surface area contributed by atoms with Crippen LogP contribution in [-0.4, -0.2) is 24.6 Å². The van der Waals surface area contributed by atoms with Gasteiger partial charge in [0.2, 0.25) is 0 Å². The molecule has 1 fully saturated rings. The molecule has 2 unspecified atom stereocenters. The second kappa shape index (κ2) is 5.79. The zero-order valence-electron chi connectivity index (χ0n) is 12.5. The van der Waals surface area contributed by atoms with Crippen LogP contribution in [0.25, 0.3) is 4.96 Å². The van der Waals surface area contributed by atoms with Crippen LogP contribution < -0.4 is 0 Å². The summed E-state index contributed by atoms with van der Waals surface area (Å²) in [6.45, 7) is 0. The highest BCUT2D eigenvalue weighted by Crippen LogP contribution is 2.53. The topological polar surface area (TPSA) is 43.1 Å². The van der Waals surface area contributed by atoms with Crippen LogP contribution in [0.3, 0.4) is 0 Å². The Morgan fingerprint density at radius 1 is 1.26 bits per heavy atom. The van der Waals surface area contributed by atoms with Gasteiger partial charge in [-0.05, 0) is 12.8 Å². The Morgan fingerprint density at radius 2 is 2.22 bits per heavy atom. The summed E-state index contributed by atoms with van der Waals surface area (Å²) in [5, 5.41) is 5.20. The molecule has 23 heavy (non-hydrogen) atoms. The van der Waals surface area contributed by atoms with Gasteiger partial charge in [-0.1, -0.05) is 24.6 Å². The minimum absolute atomic E-state index is 0.665. The van der Waals surface area contributed by atoms with Crippen LogP contribution >= 0.6 is 34.9 Å². The average Bonchev–Trinajstić information content (AvgIpc) is 3.25. The summed E-state index contributed by atoms with van der Waals surface area (Å²) in [4.78, 5) is 14.9. The fourth-order valence-electron chi connectivity index (χ4n) is 3.59. The molecule has 0 saturated heterocycles. The van der Waals surface area contributed by atoms with Gasteiger partial charge >= 0.3 is 0 Å². The Hall–Kier alpha value is -1.05. The van der Waals surface area contributed by atoms with Gasteiger partial charge in [0.15, 0.2) is 4.96 Å². The van der Waals surface area contributed by atoms with Gasteiger partial charge in [-0.2, -0.15) is 0 Å². The van der Waals surface area contributed by atoms with E-state index in [4.69, 9.17) is 0 Å². The van der Waals surface area contributed by atoms with Crippen molar-refractivity contribution in [2.45, 2.75) is 52.7 Å². The molecule has 3 aromatic rings. The quantitative estimate of drug-likeness (QED) is 0.504. The molecule has 0 radical (unpaired) electrons. The summed E-state index contributed by atoms with van der Waals surface area (Å²) in [5.41, 5.74) is 2.55. The molecule has 2 atom stereocenters. The van der Waals surface area contributed by atoms with E-state index in [2.05, 4.69) is 37.1 Å². The molecule has 7 heteroatoms. The first-order chi connectivity index (χ1) is 11.4. The molecule has 4 nitrogen and oxygen atoms in total. The Bertz CT molecular complexity index is 828. The highest BCUT2D eigenvalue weighted by atomic mass is 32.2. The molecule has 0 aromatic carbocycles. The maximum atomic E-state index is 4.67. The number of imidazole rings is 1. The van der Waals surface area contributed by atoms with Gasteiger partial charge in [-0.25, -0.2) is 15.0 Å². The van der Waals surface area contributed by atoms with E-state index in [1.54, 1.807) is 17.7 Å². The number of thiazole rings is 1. The maximum absolute atomic E-state index is 4.67. The summed E-state index contributed by atoms with van der Waals surface area (Å²) < 4.78 is 2.10. The number of fused-ring (bicyclic) bond motifs is 4. The molecule has 5 rings (SSSR count). The Kier molecular flexibility index (Phi) is 3.60. The average molecular weight is 361 g/mol. The van der Waals surface area contributed by atoms with Crippen molar-refractivity contribution in [3.8, 4) is 0 Å². The van der Waals surface area contributed by atoms with Gasteiger partial charge in [-0.15, -0.1) is 23.1 Å². The van der Waals surface area contributed by atoms with Gasteiger partial charge < -0.3 is 0 Å². The van der Waals surface area contributed by atoms with Crippen molar-refractivity contribution in [2.75, 3.05) is 0 Å². The number of nitrogens with zero attached hydrogens (tertiary/aromatic N) is 4. The zero-order valence-corrected chi connectivity index (χ0v) is 15.0. The molecule has 0 N–H and O–H groups in total. The molecular weight excluding hydrogens is 344 g/mol. The largest absolute Gasteiger partial charge is 0.297 e. The van der Waals surface area contributed by atoms with E-state index in [9.17, 15) is 0 Å². The first-order valence-corrected chi connectivity index (χ1v) is 10.7. The molecule has 1 aliphatic heterocycles. The number of thioether (sulfide) groups is 2. The SMILES string of the molecule is c1nc(SCc2cn3ccsc3n2)c2c(n1)SC1CCCCC21. The van der Waals surface area contributed by atoms with Gasteiger partial charge in [-0.3, -0.25) is 4.40 Å². The van der Waals surface area contributed by atoms with E-state index in [0.717, 1.165) is 21.7 Å². The third-order valence-corrected chi connectivity index (χ3v) is 7.87. The van der Waals surface area contributed by atoms with E-state index in [1.807, 2.05) is 23.5 Å². The molecule has 2 aliphatic rings. The molecule has 0 bridgehead atoms.